The first kappa shape index (κ1) is 10.6. The lowest BCUT2D eigenvalue weighted by molar-refractivity contribution is -0.210. The Labute approximate surface area is 61.5 Å². The molecule has 0 rings (SSSR count). The summed E-state index contributed by atoms with van der Waals surface area (Å²) in [5, 5.41) is 0. The van der Waals surface area contributed by atoms with E-state index in [1.165, 1.54) is 0 Å². The van der Waals surface area contributed by atoms with E-state index in [1.807, 2.05) is 0 Å². The molecule has 0 spiro atoms. The fourth-order valence-corrected chi connectivity index (χ4v) is 0.469. The van der Waals surface area contributed by atoms with Crippen LogP contribution in [-0.2, 0) is 0 Å². The van der Waals surface area contributed by atoms with Crippen LogP contribution in [0.2, 0.25) is 0 Å². The first-order valence-corrected chi connectivity index (χ1v) is 2.97. The highest BCUT2D eigenvalue weighted by Crippen LogP contribution is 2.35. The minimum Gasteiger partial charge on any atom is -0.325 e. The Kier molecular flexibility index (Phi) is 2.85. The van der Waals surface area contributed by atoms with Crippen molar-refractivity contribution in [1.29, 1.82) is 0 Å². The maximum atomic E-state index is 12.4. The van der Waals surface area contributed by atoms with Gasteiger partial charge in [-0.3, -0.25) is 0 Å². The van der Waals surface area contributed by atoms with Crippen molar-refractivity contribution in [2.45, 2.75) is 24.8 Å². The van der Waals surface area contributed by atoms with Crippen LogP contribution in [0.15, 0.2) is 0 Å². The molecule has 2 nitrogen and oxygen atoms in total. The van der Waals surface area contributed by atoms with E-state index in [9.17, 15) is 17.6 Å². The molecule has 0 aliphatic carbocycles. The first-order chi connectivity index (χ1) is 4.75. The van der Waals surface area contributed by atoms with Gasteiger partial charge in [-0.2, -0.15) is 17.6 Å². The number of rotatable bonds is 3. The molecule has 0 heterocycles. The van der Waals surface area contributed by atoms with Crippen molar-refractivity contribution in [2.24, 2.45) is 11.5 Å². The molecule has 0 aliphatic heterocycles. The van der Waals surface area contributed by atoms with Gasteiger partial charge in [-0.25, -0.2) is 0 Å². The average Bonchev–Trinajstić information content (AvgIpc) is 1.87. The molecule has 0 bridgehead atoms. The third-order valence-corrected chi connectivity index (χ3v) is 1.32. The Balaban J connectivity index is 4.53. The maximum Gasteiger partial charge on any atom is 0.325 e. The molecule has 6 heteroatoms. The lowest BCUT2D eigenvalue weighted by atomic mass is 10.1. The summed E-state index contributed by atoms with van der Waals surface area (Å²) >= 11 is 0. The largest absolute Gasteiger partial charge is 0.325 e. The van der Waals surface area contributed by atoms with Crippen LogP contribution in [0.4, 0.5) is 17.6 Å². The molecule has 4 N–H and O–H groups in total. The molecule has 0 radical (unpaired) electrons. The molecule has 1 atom stereocenters. The van der Waals surface area contributed by atoms with Gasteiger partial charge in [0.05, 0.1) is 12.6 Å². The first-order valence-electron chi connectivity index (χ1n) is 2.97. The van der Waals surface area contributed by atoms with Crippen molar-refractivity contribution in [3.05, 3.63) is 0 Å². The maximum absolute atomic E-state index is 12.4. The van der Waals surface area contributed by atoms with E-state index in [0.29, 0.717) is 0 Å². The summed E-state index contributed by atoms with van der Waals surface area (Å²) in [5.41, 5.74) is 9.09. The van der Waals surface area contributed by atoms with Crippen molar-refractivity contribution in [2.75, 3.05) is 6.54 Å². The summed E-state index contributed by atoms with van der Waals surface area (Å²) in [6, 6.07) is -1.90. The molecule has 0 amide bonds. The minimum absolute atomic E-state index is 0.809. The monoisotopic (exact) mass is 174 g/mol. The van der Waals surface area contributed by atoms with Crippen LogP contribution in [0, 0.1) is 0 Å². The van der Waals surface area contributed by atoms with Crippen LogP contribution in [0.1, 0.15) is 6.92 Å². The van der Waals surface area contributed by atoms with Crippen LogP contribution in [0.25, 0.3) is 0 Å². The molecule has 11 heavy (non-hydrogen) atoms. The molecule has 0 aromatic rings. The highest BCUT2D eigenvalue weighted by Gasteiger charge is 2.57. The zero-order valence-electron chi connectivity index (χ0n) is 5.95. The third kappa shape index (κ3) is 1.81. The molecule has 0 fully saturated rings. The van der Waals surface area contributed by atoms with E-state index < -0.39 is 24.4 Å². The van der Waals surface area contributed by atoms with Crippen LogP contribution in [-0.4, -0.2) is 24.4 Å². The number of hydrogen-bond donors (Lipinski definition) is 2. The van der Waals surface area contributed by atoms with E-state index in [0.717, 1.165) is 6.92 Å². The predicted molar refractivity (Wildman–Crippen MR) is 32.6 cm³/mol. The van der Waals surface area contributed by atoms with Crippen molar-refractivity contribution >= 4 is 0 Å². The van der Waals surface area contributed by atoms with Gasteiger partial charge in [0.25, 0.3) is 0 Å². The molecule has 0 saturated carbocycles. The van der Waals surface area contributed by atoms with Crippen LogP contribution >= 0.6 is 0 Å². The quantitative estimate of drug-likeness (QED) is 0.614. The molecular weight excluding hydrogens is 164 g/mol. The average molecular weight is 174 g/mol. The van der Waals surface area contributed by atoms with Gasteiger partial charge in [0, 0.05) is 0 Å². The Morgan fingerprint density at radius 1 is 1.27 bits per heavy atom. The fraction of sp³-hybridized carbons (Fsp3) is 1.00. The number of nitrogens with two attached hydrogens (primary N) is 2. The van der Waals surface area contributed by atoms with Crippen LogP contribution < -0.4 is 11.5 Å². The van der Waals surface area contributed by atoms with Gasteiger partial charge in [-0.15, -0.1) is 0 Å². The lowest BCUT2D eigenvalue weighted by Crippen LogP contribution is -2.55. The molecule has 0 aliphatic rings. The topological polar surface area (TPSA) is 52.0 Å². The van der Waals surface area contributed by atoms with E-state index in [2.05, 4.69) is 11.5 Å². The van der Waals surface area contributed by atoms with E-state index in [4.69, 9.17) is 0 Å². The van der Waals surface area contributed by atoms with Gasteiger partial charge in [0.1, 0.15) is 0 Å². The van der Waals surface area contributed by atoms with Crippen molar-refractivity contribution < 1.29 is 17.6 Å². The van der Waals surface area contributed by atoms with Gasteiger partial charge < -0.3 is 11.5 Å². The second kappa shape index (κ2) is 2.94. The number of alkyl halides is 4. The smallest absolute Gasteiger partial charge is 0.325 e. The Morgan fingerprint density at radius 2 is 1.64 bits per heavy atom. The summed E-state index contributed by atoms with van der Waals surface area (Å²) in [7, 11) is 0. The summed E-state index contributed by atoms with van der Waals surface area (Å²) in [5.74, 6) is -8.46. The Morgan fingerprint density at radius 3 is 1.73 bits per heavy atom. The molecule has 0 saturated heterocycles. The third-order valence-electron chi connectivity index (χ3n) is 1.32. The van der Waals surface area contributed by atoms with Crippen molar-refractivity contribution in [1.82, 2.24) is 0 Å². The molecule has 0 aromatic carbocycles. The van der Waals surface area contributed by atoms with Gasteiger partial charge in [0.2, 0.25) is 0 Å². The predicted octanol–water partition coefficient (Wildman–Crippen LogP) is 0.563. The number of halogens is 4. The summed E-state index contributed by atoms with van der Waals surface area (Å²) < 4.78 is 49.2. The number of hydrogen-bond acceptors (Lipinski definition) is 2. The Hall–Kier alpha value is -0.360. The van der Waals surface area contributed by atoms with E-state index in [1.54, 1.807) is 0 Å². The molecule has 0 aromatic heterocycles. The highest BCUT2D eigenvalue weighted by molar-refractivity contribution is 4.91. The zero-order chi connectivity index (χ0) is 9.28. The molecular formula is C5H10F4N2. The zero-order valence-corrected chi connectivity index (χ0v) is 5.95. The van der Waals surface area contributed by atoms with Crippen LogP contribution in [0.5, 0.6) is 0 Å². The van der Waals surface area contributed by atoms with Gasteiger partial charge in [-0.05, 0) is 6.92 Å². The van der Waals surface area contributed by atoms with Crippen LogP contribution in [0.3, 0.4) is 0 Å². The van der Waals surface area contributed by atoms with E-state index >= 15 is 0 Å². The molecule has 1 unspecified atom stereocenters. The SMILES string of the molecule is CC(N)C(F)(F)C(F)(F)CN. The second-order valence-electron chi connectivity index (χ2n) is 2.32. The van der Waals surface area contributed by atoms with Crippen molar-refractivity contribution in [3.8, 4) is 0 Å². The standard InChI is InChI=1S/C5H10F4N2/c1-3(11)5(8,9)4(6,7)2-10/h3H,2,10-11H2,1H3. The summed E-state index contributed by atoms with van der Waals surface area (Å²) in [6.45, 7) is -0.592. The normalized spacial score (nSPS) is 16.6. The highest BCUT2D eigenvalue weighted by atomic mass is 19.3. The van der Waals surface area contributed by atoms with Crippen molar-refractivity contribution in [3.63, 3.8) is 0 Å². The van der Waals surface area contributed by atoms with E-state index in [-0.39, 0.29) is 0 Å². The summed E-state index contributed by atoms with van der Waals surface area (Å²) in [6.07, 6.45) is 0. The Bertz CT molecular complexity index is 134. The van der Waals surface area contributed by atoms with Gasteiger partial charge >= 0.3 is 11.8 Å². The fourth-order valence-electron chi connectivity index (χ4n) is 0.469. The van der Waals surface area contributed by atoms with Gasteiger partial charge in [0.15, 0.2) is 0 Å². The second-order valence-corrected chi connectivity index (χ2v) is 2.32. The summed E-state index contributed by atoms with van der Waals surface area (Å²) in [4.78, 5) is 0. The van der Waals surface area contributed by atoms with Gasteiger partial charge in [-0.1, -0.05) is 0 Å². The lowest BCUT2D eigenvalue weighted by Gasteiger charge is -2.27. The minimum atomic E-state index is -4.23. The molecule has 68 valence electrons.